The van der Waals surface area contributed by atoms with Gasteiger partial charge >= 0.3 is 0 Å². The van der Waals surface area contributed by atoms with Gasteiger partial charge < -0.3 is 9.47 Å². The SMILES string of the molecule is CCCn1c(NC(=O)[C@H]2CC(=O)N(c3ccc(S(=O)(=O)N(CC)CC)cc3)C2)nc2ccccc21. The number of rotatable bonds is 9. The molecule has 9 nitrogen and oxygen atoms in total. The fourth-order valence-electron chi connectivity index (χ4n) is 4.48. The van der Waals surface area contributed by atoms with Crippen LogP contribution < -0.4 is 10.2 Å². The number of imidazole rings is 1. The molecule has 0 saturated carbocycles. The Balaban J connectivity index is 1.49. The molecule has 1 saturated heterocycles. The molecule has 0 unspecified atom stereocenters. The second kappa shape index (κ2) is 10.2. The number of fused-ring (bicyclic) bond motifs is 1. The summed E-state index contributed by atoms with van der Waals surface area (Å²) in [5.74, 6) is -0.479. The number of nitrogens with one attached hydrogen (secondary N) is 1. The lowest BCUT2D eigenvalue weighted by atomic mass is 10.1. The number of anilines is 2. The zero-order chi connectivity index (χ0) is 25.2. The molecule has 1 fully saturated rings. The molecule has 1 aromatic heterocycles. The van der Waals surface area contributed by atoms with Crippen molar-refractivity contribution in [1.82, 2.24) is 13.9 Å². The number of para-hydroxylation sites is 2. The van der Waals surface area contributed by atoms with E-state index >= 15 is 0 Å². The molecule has 2 amide bonds. The van der Waals surface area contributed by atoms with Crippen molar-refractivity contribution in [1.29, 1.82) is 0 Å². The number of hydrogen-bond acceptors (Lipinski definition) is 5. The van der Waals surface area contributed by atoms with Crippen LogP contribution in [-0.2, 0) is 26.2 Å². The fraction of sp³-hybridized carbons (Fsp3) is 0.400. The number of aromatic nitrogens is 2. The molecule has 186 valence electrons. The molecule has 2 heterocycles. The molecule has 35 heavy (non-hydrogen) atoms. The predicted molar refractivity (Wildman–Crippen MR) is 136 cm³/mol. The zero-order valence-corrected chi connectivity index (χ0v) is 21.1. The molecule has 1 aliphatic heterocycles. The molecule has 1 aliphatic rings. The third-order valence-electron chi connectivity index (χ3n) is 6.32. The van der Waals surface area contributed by atoms with Gasteiger partial charge in [0.05, 0.1) is 21.8 Å². The van der Waals surface area contributed by atoms with Gasteiger partial charge in [0.1, 0.15) is 0 Å². The Kier molecular flexibility index (Phi) is 7.23. The number of carbonyl (C=O) groups is 2. The first-order valence-corrected chi connectivity index (χ1v) is 13.4. The molecule has 0 bridgehead atoms. The quantitative estimate of drug-likeness (QED) is 0.487. The van der Waals surface area contributed by atoms with E-state index in [1.807, 2.05) is 28.8 Å². The molecule has 2 aromatic carbocycles. The highest BCUT2D eigenvalue weighted by Crippen LogP contribution is 2.28. The Morgan fingerprint density at radius 1 is 1.09 bits per heavy atom. The Morgan fingerprint density at radius 2 is 1.77 bits per heavy atom. The molecular weight excluding hydrogens is 466 g/mol. The molecule has 0 radical (unpaired) electrons. The van der Waals surface area contributed by atoms with E-state index in [2.05, 4.69) is 17.2 Å². The minimum atomic E-state index is -3.58. The zero-order valence-electron chi connectivity index (χ0n) is 20.3. The molecular formula is C25H31N5O4S. The van der Waals surface area contributed by atoms with Crippen molar-refractivity contribution in [3.8, 4) is 0 Å². The summed E-state index contributed by atoms with van der Waals surface area (Å²) in [5.41, 5.74) is 2.33. The van der Waals surface area contributed by atoms with E-state index in [0.29, 0.717) is 31.3 Å². The fourth-order valence-corrected chi connectivity index (χ4v) is 5.93. The molecule has 0 aliphatic carbocycles. The van der Waals surface area contributed by atoms with Gasteiger partial charge in [-0.2, -0.15) is 4.31 Å². The first-order chi connectivity index (χ1) is 16.8. The van der Waals surface area contributed by atoms with Gasteiger partial charge in [0.2, 0.25) is 27.8 Å². The molecule has 1 atom stereocenters. The van der Waals surface area contributed by atoms with Gasteiger partial charge in [-0.3, -0.25) is 14.9 Å². The van der Waals surface area contributed by atoms with Gasteiger partial charge in [-0.25, -0.2) is 13.4 Å². The Bertz CT molecular complexity index is 1330. The van der Waals surface area contributed by atoms with Crippen LogP contribution in [0.5, 0.6) is 0 Å². The Labute approximate surface area is 205 Å². The van der Waals surface area contributed by atoms with E-state index in [1.54, 1.807) is 26.0 Å². The maximum Gasteiger partial charge on any atom is 0.243 e. The summed E-state index contributed by atoms with van der Waals surface area (Å²) in [6.07, 6.45) is 0.970. The molecule has 10 heteroatoms. The second-order valence-electron chi connectivity index (χ2n) is 8.55. The van der Waals surface area contributed by atoms with Gasteiger partial charge in [-0.1, -0.05) is 32.9 Å². The number of carbonyl (C=O) groups excluding carboxylic acids is 2. The van der Waals surface area contributed by atoms with Gasteiger partial charge in [0, 0.05) is 38.3 Å². The van der Waals surface area contributed by atoms with Gasteiger partial charge in [-0.15, -0.1) is 0 Å². The number of aryl methyl sites for hydroxylation is 1. The van der Waals surface area contributed by atoms with Crippen molar-refractivity contribution >= 4 is 44.5 Å². The molecule has 0 spiro atoms. The number of sulfonamides is 1. The first kappa shape index (κ1) is 24.9. The summed E-state index contributed by atoms with van der Waals surface area (Å²) >= 11 is 0. The maximum absolute atomic E-state index is 13.1. The van der Waals surface area contributed by atoms with Gasteiger partial charge in [0.15, 0.2) is 0 Å². The highest BCUT2D eigenvalue weighted by molar-refractivity contribution is 7.89. The summed E-state index contributed by atoms with van der Waals surface area (Å²) in [6, 6.07) is 14.0. The largest absolute Gasteiger partial charge is 0.312 e. The summed E-state index contributed by atoms with van der Waals surface area (Å²) in [7, 11) is -3.58. The number of amides is 2. The topological polar surface area (TPSA) is 105 Å². The summed E-state index contributed by atoms with van der Waals surface area (Å²) < 4.78 is 28.8. The summed E-state index contributed by atoms with van der Waals surface area (Å²) in [4.78, 5) is 32.1. The normalized spacial score (nSPS) is 16.4. The molecule has 4 rings (SSSR count). The van der Waals surface area contributed by atoms with Gasteiger partial charge in [0.25, 0.3) is 0 Å². The standard InChI is InChI=1S/C25H31N5O4S/c1-4-15-29-22-10-8-7-9-21(22)26-25(29)27-24(32)18-16-23(31)30(17-18)19-11-13-20(14-12-19)35(33,34)28(5-2)6-3/h7-14,18H,4-6,15-17H2,1-3H3,(H,26,27,32)/t18-/m0/s1. The lowest BCUT2D eigenvalue weighted by Gasteiger charge is -2.20. The number of hydrogen-bond donors (Lipinski definition) is 1. The van der Waals surface area contributed by atoms with E-state index in [-0.39, 0.29) is 29.7 Å². The van der Waals surface area contributed by atoms with E-state index < -0.39 is 15.9 Å². The summed E-state index contributed by atoms with van der Waals surface area (Å²) in [6.45, 7) is 7.35. The monoisotopic (exact) mass is 497 g/mol. The van der Waals surface area contributed by atoms with E-state index in [1.165, 1.54) is 21.3 Å². The smallest absolute Gasteiger partial charge is 0.243 e. The molecule has 3 aromatic rings. The minimum absolute atomic E-state index is 0.0827. The van der Waals surface area contributed by atoms with Crippen LogP contribution in [0.4, 0.5) is 11.6 Å². The van der Waals surface area contributed by atoms with Crippen molar-refractivity contribution < 1.29 is 18.0 Å². The van der Waals surface area contributed by atoms with Crippen LogP contribution in [0, 0.1) is 5.92 Å². The third kappa shape index (κ3) is 4.81. The number of nitrogens with zero attached hydrogens (tertiary/aromatic N) is 4. The average molecular weight is 498 g/mol. The highest BCUT2D eigenvalue weighted by Gasteiger charge is 2.36. The highest BCUT2D eigenvalue weighted by atomic mass is 32.2. The average Bonchev–Trinajstić information content (AvgIpc) is 3.40. The Morgan fingerprint density at radius 3 is 2.43 bits per heavy atom. The van der Waals surface area contributed by atoms with E-state index in [9.17, 15) is 18.0 Å². The van der Waals surface area contributed by atoms with Crippen LogP contribution in [0.1, 0.15) is 33.6 Å². The van der Waals surface area contributed by atoms with Crippen molar-refractivity contribution in [3.63, 3.8) is 0 Å². The van der Waals surface area contributed by atoms with Crippen LogP contribution >= 0.6 is 0 Å². The first-order valence-electron chi connectivity index (χ1n) is 12.0. The minimum Gasteiger partial charge on any atom is -0.312 e. The van der Waals surface area contributed by atoms with Crippen molar-refractivity contribution in [2.24, 2.45) is 5.92 Å². The van der Waals surface area contributed by atoms with Gasteiger partial charge in [-0.05, 0) is 42.8 Å². The van der Waals surface area contributed by atoms with E-state index in [4.69, 9.17) is 0 Å². The lowest BCUT2D eigenvalue weighted by molar-refractivity contribution is -0.122. The Hall–Kier alpha value is -3.24. The molecule has 1 N–H and O–H groups in total. The van der Waals surface area contributed by atoms with E-state index in [0.717, 1.165) is 17.5 Å². The van der Waals surface area contributed by atoms with Crippen LogP contribution in [-0.4, -0.2) is 53.7 Å². The van der Waals surface area contributed by atoms with Crippen LogP contribution in [0.3, 0.4) is 0 Å². The van der Waals surface area contributed by atoms with Crippen LogP contribution in [0.25, 0.3) is 11.0 Å². The third-order valence-corrected chi connectivity index (χ3v) is 8.39. The van der Waals surface area contributed by atoms with Crippen molar-refractivity contribution in [3.05, 3.63) is 48.5 Å². The van der Waals surface area contributed by atoms with Crippen molar-refractivity contribution in [2.75, 3.05) is 29.9 Å². The predicted octanol–water partition coefficient (Wildman–Crippen LogP) is 3.47. The second-order valence-corrected chi connectivity index (χ2v) is 10.5. The lowest BCUT2D eigenvalue weighted by Crippen LogP contribution is -2.31. The number of benzene rings is 2. The maximum atomic E-state index is 13.1. The van der Waals surface area contributed by atoms with Crippen molar-refractivity contribution in [2.45, 2.75) is 45.1 Å². The summed E-state index contributed by atoms with van der Waals surface area (Å²) in [5, 5.41) is 2.92. The van der Waals surface area contributed by atoms with Crippen LogP contribution in [0.2, 0.25) is 0 Å². The van der Waals surface area contributed by atoms with Crippen LogP contribution in [0.15, 0.2) is 53.4 Å².